The van der Waals surface area contributed by atoms with Gasteiger partial charge in [0.1, 0.15) is 29.4 Å². The second kappa shape index (κ2) is 9.41. The normalized spacial score (nSPS) is 23.2. The predicted octanol–water partition coefficient (Wildman–Crippen LogP) is 1.04. The maximum atomic E-state index is 15.5. The van der Waals surface area contributed by atoms with Gasteiger partial charge in [0.25, 0.3) is 22.0 Å². The lowest BCUT2D eigenvalue weighted by atomic mass is 9.79. The molecule has 1 aliphatic heterocycles. The fourth-order valence-corrected chi connectivity index (χ4v) is 5.27. The topological polar surface area (TPSA) is 136 Å². The molecule has 0 unspecified atom stereocenters. The van der Waals surface area contributed by atoms with E-state index in [0.29, 0.717) is 10.7 Å². The quantitative estimate of drug-likeness (QED) is 0.462. The number of benzene rings is 1. The zero-order valence-electron chi connectivity index (χ0n) is 19.6. The summed E-state index contributed by atoms with van der Waals surface area (Å²) in [6.45, 7) is -1.57. The summed E-state index contributed by atoms with van der Waals surface area (Å²) >= 11 is 0. The number of halogens is 3. The molecule has 1 aromatic heterocycles. The molecule has 0 radical (unpaired) electrons. The lowest BCUT2D eigenvalue weighted by molar-refractivity contribution is -0.162. The van der Waals surface area contributed by atoms with Crippen molar-refractivity contribution in [3.63, 3.8) is 0 Å². The highest BCUT2D eigenvalue weighted by Crippen LogP contribution is 2.41. The minimum Gasteiger partial charge on any atom is -0.444 e. The number of rotatable bonds is 8. The van der Waals surface area contributed by atoms with Crippen LogP contribution in [-0.2, 0) is 28.0 Å². The Bertz CT molecular complexity index is 1250. The van der Waals surface area contributed by atoms with Crippen molar-refractivity contribution in [2.45, 2.75) is 55.9 Å². The standard InChI is InChI=1S/C22H27F3N4O6S/c1-28(2)36(33,34)27-18-16(29(12-22(18,24)25)20(31)21(32)7-4-8-21)9-13-5-3-6-15(17(13)23)19-26-14(10-30)11-35-19/h3,5-6,11,16,18,27,30,32H,4,7-10,12H2,1-2H3/t16-,18+/m0/s1. The van der Waals surface area contributed by atoms with Crippen LogP contribution in [-0.4, -0.2) is 83.0 Å². The van der Waals surface area contributed by atoms with Crippen LogP contribution in [0.4, 0.5) is 13.2 Å². The van der Waals surface area contributed by atoms with Crippen molar-refractivity contribution in [3.8, 4) is 11.5 Å². The summed E-state index contributed by atoms with van der Waals surface area (Å²) in [5.74, 6) is -5.64. The fourth-order valence-electron chi connectivity index (χ4n) is 4.41. The Balaban J connectivity index is 1.73. The van der Waals surface area contributed by atoms with Gasteiger partial charge in [-0.1, -0.05) is 12.1 Å². The molecule has 1 amide bonds. The Morgan fingerprint density at radius 2 is 2.03 bits per heavy atom. The van der Waals surface area contributed by atoms with Crippen molar-refractivity contribution in [2.75, 3.05) is 20.6 Å². The number of nitrogens with one attached hydrogen (secondary N) is 1. The molecule has 0 bridgehead atoms. The van der Waals surface area contributed by atoms with Crippen LogP contribution in [0.25, 0.3) is 11.5 Å². The molecule has 1 saturated heterocycles. The van der Waals surface area contributed by atoms with E-state index in [-0.39, 0.29) is 35.6 Å². The van der Waals surface area contributed by atoms with Crippen molar-refractivity contribution >= 4 is 16.1 Å². The van der Waals surface area contributed by atoms with Crippen molar-refractivity contribution in [2.24, 2.45) is 0 Å². The zero-order valence-corrected chi connectivity index (χ0v) is 20.4. The number of aromatic nitrogens is 1. The van der Waals surface area contributed by atoms with Gasteiger partial charge in [0.05, 0.1) is 24.8 Å². The largest absolute Gasteiger partial charge is 0.444 e. The van der Waals surface area contributed by atoms with Crippen LogP contribution < -0.4 is 4.72 Å². The van der Waals surface area contributed by atoms with Gasteiger partial charge in [-0.3, -0.25) is 4.79 Å². The summed E-state index contributed by atoms with van der Waals surface area (Å²) in [6.07, 6.45) is 1.39. The van der Waals surface area contributed by atoms with Crippen molar-refractivity contribution in [1.82, 2.24) is 18.9 Å². The number of hydrogen-bond acceptors (Lipinski definition) is 7. The number of oxazole rings is 1. The molecule has 3 N–H and O–H groups in total. The molecule has 2 atom stereocenters. The number of carbonyl (C=O) groups excluding carboxylic acids is 1. The lowest BCUT2D eigenvalue weighted by Gasteiger charge is -2.40. The minimum absolute atomic E-state index is 0.0913. The first-order valence-electron chi connectivity index (χ1n) is 11.2. The molecular formula is C22H27F3N4O6S. The molecule has 2 heterocycles. The number of likely N-dealkylation sites (tertiary alicyclic amines) is 1. The Labute approximate surface area is 205 Å². The molecule has 2 aliphatic rings. The van der Waals surface area contributed by atoms with E-state index in [1.807, 2.05) is 4.72 Å². The van der Waals surface area contributed by atoms with Crippen LogP contribution in [0.5, 0.6) is 0 Å². The molecule has 198 valence electrons. The average molecular weight is 533 g/mol. The van der Waals surface area contributed by atoms with Gasteiger partial charge >= 0.3 is 0 Å². The number of aliphatic hydroxyl groups is 2. The summed E-state index contributed by atoms with van der Waals surface area (Å²) < 4.78 is 78.7. The molecule has 2 fully saturated rings. The van der Waals surface area contributed by atoms with Crippen molar-refractivity contribution in [3.05, 3.63) is 41.5 Å². The number of aliphatic hydroxyl groups excluding tert-OH is 1. The smallest absolute Gasteiger partial charge is 0.283 e. The highest BCUT2D eigenvalue weighted by Gasteiger charge is 2.60. The second-order valence-corrected chi connectivity index (χ2v) is 11.2. The van der Waals surface area contributed by atoms with Gasteiger partial charge in [-0.05, 0) is 37.3 Å². The second-order valence-electron chi connectivity index (χ2n) is 9.31. The van der Waals surface area contributed by atoms with E-state index in [0.717, 1.165) is 25.3 Å². The average Bonchev–Trinajstić information content (AvgIpc) is 3.36. The molecule has 1 aromatic carbocycles. The number of hydrogen-bond donors (Lipinski definition) is 3. The molecule has 14 heteroatoms. The third-order valence-corrected chi connectivity index (χ3v) is 8.18. The van der Waals surface area contributed by atoms with Crippen LogP contribution in [0.15, 0.2) is 28.9 Å². The van der Waals surface area contributed by atoms with Crippen molar-refractivity contribution < 1.29 is 41.0 Å². The summed E-state index contributed by atoms with van der Waals surface area (Å²) in [5, 5.41) is 19.8. The molecular weight excluding hydrogens is 505 g/mol. The molecule has 10 nitrogen and oxygen atoms in total. The summed E-state index contributed by atoms with van der Waals surface area (Å²) in [6, 6.07) is 0.524. The number of nitrogens with zero attached hydrogens (tertiary/aromatic N) is 3. The van der Waals surface area contributed by atoms with E-state index in [1.165, 1.54) is 18.2 Å². The van der Waals surface area contributed by atoms with Gasteiger partial charge < -0.3 is 19.5 Å². The van der Waals surface area contributed by atoms with E-state index < -0.39 is 65.1 Å². The first-order valence-corrected chi connectivity index (χ1v) is 12.7. The van der Waals surface area contributed by atoms with E-state index in [2.05, 4.69) is 4.98 Å². The lowest BCUT2D eigenvalue weighted by Crippen LogP contribution is -2.58. The van der Waals surface area contributed by atoms with Gasteiger partial charge in [0.2, 0.25) is 5.89 Å². The molecule has 0 spiro atoms. The Hall–Kier alpha value is -2.52. The van der Waals surface area contributed by atoms with Crippen LogP contribution in [0.3, 0.4) is 0 Å². The number of alkyl halides is 2. The van der Waals surface area contributed by atoms with Gasteiger partial charge in [0.15, 0.2) is 0 Å². The molecule has 2 aromatic rings. The monoisotopic (exact) mass is 532 g/mol. The van der Waals surface area contributed by atoms with E-state index in [1.54, 1.807) is 0 Å². The minimum atomic E-state index is -4.36. The zero-order chi connectivity index (χ0) is 26.5. The molecule has 36 heavy (non-hydrogen) atoms. The first kappa shape index (κ1) is 26.5. The first-order chi connectivity index (χ1) is 16.8. The van der Waals surface area contributed by atoms with Crippen LogP contribution in [0.1, 0.15) is 30.5 Å². The van der Waals surface area contributed by atoms with Gasteiger partial charge in [0, 0.05) is 14.1 Å². The molecule has 1 aliphatic carbocycles. The number of amides is 1. The third kappa shape index (κ3) is 4.75. The maximum Gasteiger partial charge on any atom is 0.283 e. The third-order valence-electron chi connectivity index (χ3n) is 6.67. The Morgan fingerprint density at radius 1 is 1.33 bits per heavy atom. The summed E-state index contributed by atoms with van der Waals surface area (Å²) in [7, 11) is -2.04. The maximum absolute atomic E-state index is 15.5. The van der Waals surface area contributed by atoms with E-state index in [4.69, 9.17) is 4.42 Å². The molecule has 4 rings (SSSR count). The highest BCUT2D eigenvalue weighted by molar-refractivity contribution is 7.87. The van der Waals surface area contributed by atoms with Gasteiger partial charge in [-0.2, -0.15) is 17.4 Å². The summed E-state index contributed by atoms with van der Waals surface area (Å²) in [4.78, 5) is 17.8. The molecule has 1 saturated carbocycles. The highest BCUT2D eigenvalue weighted by atomic mass is 32.2. The van der Waals surface area contributed by atoms with Crippen molar-refractivity contribution in [1.29, 1.82) is 0 Å². The van der Waals surface area contributed by atoms with Gasteiger partial charge in [-0.15, -0.1) is 0 Å². The van der Waals surface area contributed by atoms with Crippen LogP contribution >= 0.6 is 0 Å². The van der Waals surface area contributed by atoms with Crippen LogP contribution in [0, 0.1) is 5.82 Å². The number of carbonyl (C=O) groups is 1. The van der Waals surface area contributed by atoms with Crippen LogP contribution in [0.2, 0.25) is 0 Å². The fraction of sp³-hybridized carbons (Fsp3) is 0.545. The van der Waals surface area contributed by atoms with E-state index in [9.17, 15) is 23.4 Å². The van der Waals surface area contributed by atoms with Gasteiger partial charge in [-0.25, -0.2) is 18.2 Å². The van der Waals surface area contributed by atoms with E-state index >= 15 is 13.2 Å². The Kier molecular flexibility index (Phi) is 6.94. The summed E-state index contributed by atoms with van der Waals surface area (Å²) in [5.41, 5.74) is -1.85. The predicted molar refractivity (Wildman–Crippen MR) is 120 cm³/mol. The SMILES string of the molecule is CN(C)S(=O)(=O)N[C@@H]1[C@H](Cc2cccc(-c3nc(CO)co3)c2F)N(C(=O)C2(O)CCC2)CC1(F)F. The Morgan fingerprint density at radius 3 is 2.58 bits per heavy atom.